The zero-order valence-electron chi connectivity index (χ0n) is 57.9. The molecule has 0 bridgehead atoms. The third-order valence-electron chi connectivity index (χ3n) is 22.0. The Bertz CT molecular complexity index is 7220. The van der Waals surface area contributed by atoms with Gasteiger partial charge in [0.25, 0.3) is 0 Å². The molecular formula is C102H66N4. The number of rotatable bonds is 9. The van der Waals surface area contributed by atoms with Gasteiger partial charge in [0.15, 0.2) is 0 Å². The molecule has 18 aromatic carbocycles. The van der Waals surface area contributed by atoms with Gasteiger partial charge in [-0.05, 0) is 185 Å². The van der Waals surface area contributed by atoms with Gasteiger partial charge in [-0.3, -0.25) is 0 Å². The second-order valence-corrected chi connectivity index (χ2v) is 27.9. The van der Waals surface area contributed by atoms with Gasteiger partial charge in [0.05, 0.1) is 44.1 Å². The maximum Gasteiger partial charge on any atom is 0.0547 e. The molecule has 0 radical (unpaired) electrons. The number of nitrogens with zero attached hydrogens (tertiary/aromatic N) is 4. The molecule has 0 aliphatic heterocycles. The standard InChI is InChI=1S/C54H34N2.C48H32N2/c1-2-13-35(14-3-1)36-15-12-16-39(31-36)55-51-23-10-8-21-46(51)48-28-25-37(32-53(48)55)38-26-29-49-47-22-9-11-24-52(47)56(54(49)33-38)40-27-30-45-43-19-5-4-17-41(43)42-18-6-7-20-44(42)50(45)34-40;1-3-14-33(15-4-1)35-18-11-20-38(30-35)49-45-26-10-8-23-43(45)48-40(24-13-27-46(48)49)37-28-29-42-41-22-7-9-25-44(41)50(47(42)32-37)39-21-12-19-36(31-39)34-16-5-2-6-17-34/h1-34H;1-32H. The van der Waals surface area contributed by atoms with Crippen LogP contribution in [0.25, 0.3) is 198 Å². The predicted octanol–water partition coefficient (Wildman–Crippen LogP) is 27.6. The van der Waals surface area contributed by atoms with Gasteiger partial charge < -0.3 is 18.3 Å². The number of aromatic nitrogens is 4. The first-order chi connectivity index (χ1) is 52.6. The van der Waals surface area contributed by atoms with Crippen LogP contribution in [0.15, 0.2) is 400 Å². The minimum atomic E-state index is 1.15. The van der Waals surface area contributed by atoms with Crippen molar-refractivity contribution >= 4 is 120 Å². The second-order valence-electron chi connectivity index (χ2n) is 27.9. The van der Waals surface area contributed by atoms with Crippen molar-refractivity contribution in [3.63, 3.8) is 0 Å². The average molecular weight is 1350 g/mol. The van der Waals surface area contributed by atoms with Crippen molar-refractivity contribution in [2.75, 3.05) is 0 Å². The molecule has 4 heteroatoms. The Morgan fingerprint density at radius 1 is 0.123 bits per heavy atom. The van der Waals surface area contributed by atoms with E-state index in [0.717, 1.165) is 22.7 Å². The Labute approximate surface area is 612 Å². The van der Waals surface area contributed by atoms with Crippen LogP contribution in [0.5, 0.6) is 0 Å². The van der Waals surface area contributed by atoms with Crippen LogP contribution >= 0.6 is 0 Å². The highest BCUT2D eigenvalue weighted by Gasteiger charge is 2.22. The number of fused-ring (bicyclic) bond motifs is 18. The third-order valence-corrected chi connectivity index (χ3v) is 22.0. The molecule has 0 atom stereocenters. The van der Waals surface area contributed by atoms with Crippen molar-refractivity contribution < 1.29 is 0 Å². The number of para-hydroxylation sites is 4. The predicted molar refractivity (Wildman–Crippen MR) is 450 cm³/mol. The van der Waals surface area contributed by atoms with E-state index >= 15 is 0 Å². The van der Waals surface area contributed by atoms with Crippen molar-refractivity contribution in [3.8, 4) is 78.4 Å². The lowest BCUT2D eigenvalue weighted by molar-refractivity contribution is 1.18. The van der Waals surface area contributed by atoms with Gasteiger partial charge in [0.2, 0.25) is 0 Å². The number of hydrogen-bond acceptors (Lipinski definition) is 0. The van der Waals surface area contributed by atoms with E-state index in [-0.39, 0.29) is 0 Å². The summed E-state index contributed by atoms with van der Waals surface area (Å²) in [5.41, 5.74) is 26.3. The molecule has 22 rings (SSSR count). The summed E-state index contributed by atoms with van der Waals surface area (Å²) in [7, 11) is 0. The van der Waals surface area contributed by atoms with Crippen molar-refractivity contribution in [3.05, 3.63) is 400 Å². The van der Waals surface area contributed by atoms with Crippen LogP contribution in [-0.4, -0.2) is 18.3 Å². The van der Waals surface area contributed by atoms with Gasteiger partial charge in [-0.1, -0.05) is 303 Å². The fraction of sp³-hybridized carbons (Fsp3) is 0. The Hall–Kier alpha value is -14.1. The third kappa shape index (κ3) is 9.91. The first-order valence-corrected chi connectivity index (χ1v) is 36.5. The van der Waals surface area contributed by atoms with Gasteiger partial charge in [-0.25, -0.2) is 0 Å². The smallest absolute Gasteiger partial charge is 0.0547 e. The van der Waals surface area contributed by atoms with E-state index in [4.69, 9.17) is 0 Å². The highest BCUT2D eigenvalue weighted by Crippen LogP contribution is 2.45. The summed E-state index contributed by atoms with van der Waals surface area (Å²) < 4.78 is 9.74. The summed E-state index contributed by atoms with van der Waals surface area (Å²) in [6, 6.07) is 146. The van der Waals surface area contributed by atoms with Crippen LogP contribution in [-0.2, 0) is 0 Å². The zero-order valence-corrected chi connectivity index (χ0v) is 57.9. The fourth-order valence-electron chi connectivity index (χ4n) is 17.2. The average Bonchev–Trinajstić information content (AvgIpc) is 1.53. The molecule has 0 saturated heterocycles. The maximum atomic E-state index is 2.46. The second kappa shape index (κ2) is 24.9. The molecule has 0 saturated carbocycles. The van der Waals surface area contributed by atoms with Crippen molar-refractivity contribution in [1.29, 1.82) is 0 Å². The van der Waals surface area contributed by atoms with Crippen LogP contribution in [0, 0.1) is 0 Å². The molecule has 0 amide bonds. The van der Waals surface area contributed by atoms with Crippen LogP contribution < -0.4 is 0 Å². The van der Waals surface area contributed by atoms with E-state index in [9.17, 15) is 0 Å². The van der Waals surface area contributed by atoms with Crippen LogP contribution in [0.1, 0.15) is 0 Å². The molecular weight excluding hydrogens is 1280 g/mol. The summed E-state index contributed by atoms with van der Waals surface area (Å²) in [5.74, 6) is 0. The first kappa shape index (κ1) is 60.7. The summed E-state index contributed by atoms with van der Waals surface area (Å²) in [6.45, 7) is 0. The quantitative estimate of drug-likeness (QED) is 0.128. The lowest BCUT2D eigenvalue weighted by Gasteiger charge is -2.14. The lowest BCUT2D eigenvalue weighted by atomic mass is 9.94. The zero-order chi connectivity index (χ0) is 69.8. The summed E-state index contributed by atoms with van der Waals surface area (Å²) >= 11 is 0. The van der Waals surface area contributed by atoms with E-state index in [1.54, 1.807) is 0 Å². The Morgan fingerprint density at radius 3 is 0.811 bits per heavy atom. The fourth-order valence-corrected chi connectivity index (χ4v) is 17.2. The van der Waals surface area contributed by atoms with Crippen LogP contribution in [0.2, 0.25) is 0 Å². The van der Waals surface area contributed by atoms with Crippen molar-refractivity contribution in [1.82, 2.24) is 18.3 Å². The minimum absolute atomic E-state index is 1.15. The van der Waals surface area contributed by atoms with E-state index in [1.165, 1.54) is 175 Å². The molecule has 0 fully saturated rings. The Balaban J connectivity index is 0.000000137. The van der Waals surface area contributed by atoms with Crippen molar-refractivity contribution in [2.45, 2.75) is 0 Å². The van der Waals surface area contributed by atoms with Gasteiger partial charge in [0, 0.05) is 65.8 Å². The molecule has 0 unspecified atom stereocenters. The number of hydrogen-bond donors (Lipinski definition) is 0. The molecule has 4 aromatic heterocycles. The summed E-state index contributed by atoms with van der Waals surface area (Å²) in [4.78, 5) is 0. The molecule has 106 heavy (non-hydrogen) atoms. The van der Waals surface area contributed by atoms with Gasteiger partial charge in [-0.2, -0.15) is 0 Å². The molecule has 22 aromatic rings. The van der Waals surface area contributed by atoms with E-state index in [0.29, 0.717) is 0 Å². The van der Waals surface area contributed by atoms with Gasteiger partial charge in [-0.15, -0.1) is 0 Å². The van der Waals surface area contributed by atoms with Gasteiger partial charge in [0.1, 0.15) is 0 Å². The normalized spacial score (nSPS) is 11.8. The molecule has 494 valence electrons. The number of benzene rings is 18. The minimum Gasteiger partial charge on any atom is -0.309 e. The van der Waals surface area contributed by atoms with Crippen LogP contribution in [0.3, 0.4) is 0 Å². The monoisotopic (exact) mass is 1350 g/mol. The molecule has 0 aliphatic rings. The van der Waals surface area contributed by atoms with Crippen LogP contribution in [0.4, 0.5) is 0 Å². The largest absolute Gasteiger partial charge is 0.309 e. The highest BCUT2D eigenvalue weighted by atomic mass is 15.0. The van der Waals surface area contributed by atoms with Gasteiger partial charge >= 0.3 is 0 Å². The lowest BCUT2D eigenvalue weighted by Crippen LogP contribution is -1.95. The summed E-state index contributed by atoms with van der Waals surface area (Å²) in [5, 5.41) is 17.7. The van der Waals surface area contributed by atoms with E-state index in [2.05, 4.69) is 419 Å². The first-order valence-electron chi connectivity index (χ1n) is 36.5. The van der Waals surface area contributed by atoms with E-state index in [1.807, 2.05) is 0 Å². The van der Waals surface area contributed by atoms with Crippen molar-refractivity contribution in [2.24, 2.45) is 0 Å². The maximum absolute atomic E-state index is 2.46. The molecule has 0 aliphatic carbocycles. The molecule has 4 nitrogen and oxygen atoms in total. The molecule has 4 heterocycles. The SMILES string of the molecule is c1ccc(-c2cccc(-n3c4ccccc4c4ccc(-c5ccc6c7ccccc7n(-c7ccc8c9ccccc9c9ccccc9c8c7)c6c5)cc43)c2)cc1.c1ccc(-c2cccc(-n3c4ccccc4c4ccc(-c5cccc6c5c5ccccc5n6-c5cccc(-c6ccccc6)c5)cc43)c2)cc1. The molecule has 0 spiro atoms. The Morgan fingerprint density at radius 2 is 0.387 bits per heavy atom. The summed E-state index contributed by atoms with van der Waals surface area (Å²) in [6.07, 6.45) is 0. The Kier molecular flexibility index (Phi) is 14.2. The highest BCUT2D eigenvalue weighted by molar-refractivity contribution is 6.26. The molecule has 0 N–H and O–H groups in total. The topological polar surface area (TPSA) is 19.7 Å². The van der Waals surface area contributed by atoms with E-state index < -0.39 is 0 Å².